The van der Waals surface area contributed by atoms with Crippen LogP contribution >= 0.6 is 0 Å². The van der Waals surface area contributed by atoms with Crippen LogP contribution in [0.1, 0.15) is 31.2 Å². The zero-order valence-electron chi connectivity index (χ0n) is 12.4. The number of hydrogen-bond acceptors (Lipinski definition) is 5. The normalized spacial score (nSPS) is 15.3. The second-order valence-electron chi connectivity index (χ2n) is 4.86. The first-order valence-electron chi connectivity index (χ1n) is 6.96. The van der Waals surface area contributed by atoms with Crippen LogP contribution in [-0.2, 0) is 11.4 Å². The summed E-state index contributed by atoms with van der Waals surface area (Å²) >= 11 is 0. The molecular weight excluding hydrogens is 258 g/mol. The average molecular weight is 281 g/mol. The molecule has 0 aliphatic heterocycles. The summed E-state index contributed by atoms with van der Waals surface area (Å²) in [6, 6.07) is 3.68. The molecule has 5 heteroatoms. The van der Waals surface area contributed by atoms with E-state index in [1.165, 1.54) is 12.8 Å². The fourth-order valence-corrected chi connectivity index (χ4v) is 2.49. The summed E-state index contributed by atoms with van der Waals surface area (Å²) in [4.78, 5) is 5.67. The number of methoxy groups -OCH3 is 3. The third-order valence-electron chi connectivity index (χ3n) is 3.62. The molecule has 0 spiro atoms. The number of hydrogen-bond donors (Lipinski definition) is 1. The minimum Gasteiger partial charge on any atom is -0.496 e. The molecule has 0 amide bonds. The standard InChI is InChI=1S/C15H23NO4/c1-17-12-8-14(18-2)13(15(9-12)19-3)10-16-20-11-6-4-5-7-11/h8-9,11,16H,4-7,10H2,1-3H3. The summed E-state index contributed by atoms with van der Waals surface area (Å²) in [6.07, 6.45) is 5.09. The van der Waals surface area contributed by atoms with Crippen LogP contribution in [0.3, 0.4) is 0 Å². The van der Waals surface area contributed by atoms with Crippen LogP contribution in [0.2, 0.25) is 0 Å². The van der Waals surface area contributed by atoms with Gasteiger partial charge < -0.3 is 14.2 Å². The Bertz CT molecular complexity index is 405. The van der Waals surface area contributed by atoms with Crippen LogP contribution in [0.25, 0.3) is 0 Å². The topological polar surface area (TPSA) is 49.0 Å². The molecule has 1 aliphatic rings. The second kappa shape index (κ2) is 7.36. The molecule has 1 saturated carbocycles. The van der Waals surface area contributed by atoms with Gasteiger partial charge in [0, 0.05) is 12.1 Å². The van der Waals surface area contributed by atoms with Gasteiger partial charge in [-0.2, -0.15) is 5.48 Å². The molecule has 0 heterocycles. The third-order valence-corrected chi connectivity index (χ3v) is 3.62. The molecule has 0 bridgehead atoms. The molecule has 1 aromatic carbocycles. The van der Waals surface area contributed by atoms with Gasteiger partial charge in [0.15, 0.2) is 0 Å². The van der Waals surface area contributed by atoms with Gasteiger partial charge in [0.2, 0.25) is 0 Å². The van der Waals surface area contributed by atoms with Crippen molar-refractivity contribution in [2.45, 2.75) is 38.3 Å². The van der Waals surface area contributed by atoms with Gasteiger partial charge in [-0.1, -0.05) is 12.8 Å². The summed E-state index contributed by atoms with van der Waals surface area (Å²) < 4.78 is 16.0. The molecule has 1 N–H and O–H groups in total. The average Bonchev–Trinajstić information content (AvgIpc) is 3.00. The molecule has 20 heavy (non-hydrogen) atoms. The van der Waals surface area contributed by atoms with E-state index in [1.807, 2.05) is 12.1 Å². The highest BCUT2D eigenvalue weighted by Gasteiger charge is 2.17. The number of benzene rings is 1. The van der Waals surface area contributed by atoms with Crippen molar-refractivity contribution in [3.05, 3.63) is 17.7 Å². The van der Waals surface area contributed by atoms with Crippen LogP contribution in [0, 0.1) is 0 Å². The highest BCUT2D eigenvalue weighted by Crippen LogP contribution is 2.34. The number of nitrogens with one attached hydrogen (secondary N) is 1. The molecule has 1 aromatic rings. The smallest absolute Gasteiger partial charge is 0.130 e. The van der Waals surface area contributed by atoms with E-state index >= 15 is 0 Å². The van der Waals surface area contributed by atoms with Crippen molar-refractivity contribution in [3.8, 4) is 17.2 Å². The Morgan fingerprint density at radius 3 is 2.10 bits per heavy atom. The van der Waals surface area contributed by atoms with E-state index in [4.69, 9.17) is 19.0 Å². The fraction of sp³-hybridized carbons (Fsp3) is 0.600. The van der Waals surface area contributed by atoms with Crippen molar-refractivity contribution < 1.29 is 19.0 Å². The highest BCUT2D eigenvalue weighted by molar-refractivity contribution is 5.50. The van der Waals surface area contributed by atoms with Crippen LogP contribution < -0.4 is 19.7 Å². The lowest BCUT2D eigenvalue weighted by Crippen LogP contribution is -2.22. The van der Waals surface area contributed by atoms with E-state index in [1.54, 1.807) is 21.3 Å². The minimum absolute atomic E-state index is 0.324. The monoisotopic (exact) mass is 281 g/mol. The van der Waals surface area contributed by atoms with Crippen LogP contribution in [0.15, 0.2) is 12.1 Å². The largest absolute Gasteiger partial charge is 0.496 e. The molecule has 2 rings (SSSR count). The third kappa shape index (κ3) is 3.55. The molecule has 0 radical (unpaired) electrons. The first-order chi connectivity index (χ1) is 9.78. The van der Waals surface area contributed by atoms with Gasteiger partial charge in [-0.15, -0.1) is 0 Å². The lowest BCUT2D eigenvalue weighted by Gasteiger charge is -2.17. The van der Waals surface area contributed by atoms with Crippen molar-refractivity contribution in [2.24, 2.45) is 0 Å². The van der Waals surface area contributed by atoms with Crippen LogP contribution in [0.5, 0.6) is 17.2 Å². The van der Waals surface area contributed by atoms with E-state index in [0.717, 1.165) is 29.9 Å². The predicted octanol–water partition coefficient (Wildman–Crippen LogP) is 2.68. The van der Waals surface area contributed by atoms with E-state index in [-0.39, 0.29) is 0 Å². The van der Waals surface area contributed by atoms with Crippen molar-refractivity contribution in [3.63, 3.8) is 0 Å². The molecule has 112 valence electrons. The lowest BCUT2D eigenvalue weighted by atomic mass is 10.1. The van der Waals surface area contributed by atoms with Crippen LogP contribution in [0.4, 0.5) is 0 Å². The van der Waals surface area contributed by atoms with Gasteiger partial charge in [-0.25, -0.2) is 0 Å². The molecule has 0 atom stereocenters. The Labute approximate surface area is 120 Å². The van der Waals surface area contributed by atoms with E-state index in [0.29, 0.717) is 18.4 Å². The van der Waals surface area contributed by atoms with E-state index in [9.17, 15) is 0 Å². The maximum atomic E-state index is 5.67. The highest BCUT2D eigenvalue weighted by atomic mass is 16.7. The zero-order chi connectivity index (χ0) is 14.4. The van der Waals surface area contributed by atoms with Gasteiger partial charge in [-0.05, 0) is 12.8 Å². The van der Waals surface area contributed by atoms with E-state index < -0.39 is 0 Å². The number of ether oxygens (including phenoxy) is 3. The van der Waals surface area contributed by atoms with E-state index in [2.05, 4.69) is 5.48 Å². The summed E-state index contributed by atoms with van der Waals surface area (Å²) in [7, 11) is 4.89. The predicted molar refractivity (Wildman–Crippen MR) is 76.3 cm³/mol. The maximum Gasteiger partial charge on any atom is 0.130 e. The number of rotatable bonds is 7. The van der Waals surface area contributed by atoms with Crippen molar-refractivity contribution in [2.75, 3.05) is 21.3 Å². The van der Waals surface area contributed by atoms with Crippen molar-refractivity contribution in [1.29, 1.82) is 0 Å². The molecule has 5 nitrogen and oxygen atoms in total. The molecule has 1 aliphatic carbocycles. The molecular formula is C15H23NO4. The Morgan fingerprint density at radius 1 is 1.00 bits per heavy atom. The van der Waals surface area contributed by atoms with Gasteiger partial charge in [0.1, 0.15) is 17.2 Å². The first-order valence-corrected chi connectivity index (χ1v) is 6.96. The first kappa shape index (κ1) is 14.9. The van der Waals surface area contributed by atoms with Gasteiger partial charge in [-0.3, -0.25) is 4.84 Å². The summed E-state index contributed by atoms with van der Waals surface area (Å²) in [5, 5.41) is 0. The Morgan fingerprint density at radius 2 is 1.60 bits per heavy atom. The van der Waals surface area contributed by atoms with Crippen molar-refractivity contribution >= 4 is 0 Å². The Kier molecular flexibility index (Phi) is 5.49. The molecule has 0 unspecified atom stereocenters. The molecule has 0 saturated heterocycles. The summed E-state index contributed by atoms with van der Waals surface area (Å²) in [5.41, 5.74) is 3.95. The lowest BCUT2D eigenvalue weighted by molar-refractivity contribution is -0.0249. The zero-order valence-corrected chi connectivity index (χ0v) is 12.4. The SMILES string of the molecule is COc1cc(OC)c(CNOC2CCCC2)c(OC)c1. The molecule has 1 fully saturated rings. The fourth-order valence-electron chi connectivity index (χ4n) is 2.49. The summed E-state index contributed by atoms with van der Waals surface area (Å²) in [6.45, 7) is 0.535. The Balaban J connectivity index is 2.04. The maximum absolute atomic E-state index is 5.67. The Hall–Kier alpha value is -1.46. The van der Waals surface area contributed by atoms with Crippen LogP contribution in [-0.4, -0.2) is 27.4 Å². The summed E-state index contributed by atoms with van der Waals surface area (Å²) in [5.74, 6) is 2.16. The molecule has 0 aromatic heterocycles. The minimum atomic E-state index is 0.324. The van der Waals surface area contributed by atoms with Gasteiger partial charge >= 0.3 is 0 Å². The van der Waals surface area contributed by atoms with Gasteiger partial charge in [0.25, 0.3) is 0 Å². The van der Waals surface area contributed by atoms with Crippen molar-refractivity contribution in [1.82, 2.24) is 5.48 Å². The second-order valence-corrected chi connectivity index (χ2v) is 4.86. The number of hydroxylamine groups is 1. The van der Waals surface area contributed by atoms with Gasteiger partial charge in [0.05, 0.1) is 39.5 Å². The quantitative estimate of drug-likeness (QED) is 0.779.